The molecule has 0 radical (unpaired) electrons. The lowest BCUT2D eigenvalue weighted by Gasteiger charge is -2.24. The Hall–Kier alpha value is -0.570. The van der Waals surface area contributed by atoms with E-state index in [-0.39, 0.29) is 0 Å². The number of rotatable bonds is 2. The number of piperidine rings is 1. The summed E-state index contributed by atoms with van der Waals surface area (Å²) in [6.07, 6.45) is 2.24. The van der Waals surface area contributed by atoms with Crippen LogP contribution in [0, 0.1) is 0 Å². The smallest absolute Gasteiger partial charge is 0.0969 e. The first-order valence-electron chi connectivity index (χ1n) is 5.44. The third-order valence-electron chi connectivity index (χ3n) is 3.21. The molecule has 0 N–H and O–H groups in total. The first-order chi connectivity index (χ1) is 7.33. The van der Waals surface area contributed by atoms with Crippen molar-refractivity contribution in [1.82, 2.24) is 4.90 Å². The molecule has 3 rings (SSSR count). The summed E-state index contributed by atoms with van der Waals surface area (Å²) in [7, 11) is 0. The number of halogens is 1. The maximum Gasteiger partial charge on any atom is 0.0969 e. The molecule has 2 aliphatic heterocycles. The molecule has 80 valence electrons. The van der Waals surface area contributed by atoms with Gasteiger partial charge in [0.2, 0.25) is 0 Å². The van der Waals surface area contributed by atoms with E-state index in [2.05, 4.69) is 11.0 Å². The van der Waals surface area contributed by atoms with Crippen molar-refractivity contribution in [2.75, 3.05) is 13.1 Å². The lowest BCUT2D eigenvalue weighted by molar-refractivity contribution is 0.237. The third-order valence-corrected chi connectivity index (χ3v) is 3.58. The van der Waals surface area contributed by atoms with Crippen LogP contribution in [0.4, 0.5) is 0 Å². The first kappa shape index (κ1) is 9.64. The Morgan fingerprint density at radius 3 is 3.00 bits per heavy atom. The maximum atomic E-state index is 6.13. The van der Waals surface area contributed by atoms with Gasteiger partial charge in [0.15, 0.2) is 0 Å². The number of epoxide rings is 1. The molecule has 1 aromatic rings. The molecule has 2 nitrogen and oxygen atoms in total. The van der Waals surface area contributed by atoms with Crippen LogP contribution < -0.4 is 0 Å². The van der Waals surface area contributed by atoms with Crippen LogP contribution in [0.3, 0.4) is 0 Å². The quantitative estimate of drug-likeness (QED) is 0.716. The van der Waals surface area contributed by atoms with Crippen molar-refractivity contribution in [2.45, 2.75) is 25.2 Å². The molecule has 1 aromatic carbocycles. The van der Waals surface area contributed by atoms with Crippen molar-refractivity contribution in [3.63, 3.8) is 0 Å². The van der Waals surface area contributed by atoms with Crippen molar-refractivity contribution in [3.8, 4) is 0 Å². The van der Waals surface area contributed by atoms with Gasteiger partial charge in [0, 0.05) is 24.7 Å². The zero-order chi connectivity index (χ0) is 10.3. The molecule has 2 aliphatic rings. The standard InChI is InChI=1S/C12H14ClNO/c13-10-4-2-1-3-9(10)7-14-6-5-11-12(8-14)15-11/h1-4,11-12H,5-8H2/t11-,12+/m0/s1. The fraction of sp³-hybridized carbons (Fsp3) is 0.500. The summed E-state index contributed by atoms with van der Waals surface area (Å²) in [5.41, 5.74) is 1.22. The van der Waals surface area contributed by atoms with Crippen molar-refractivity contribution >= 4 is 11.6 Å². The normalized spacial score (nSPS) is 29.9. The summed E-state index contributed by atoms with van der Waals surface area (Å²) in [6.45, 7) is 3.15. The van der Waals surface area contributed by atoms with E-state index in [1.54, 1.807) is 0 Å². The molecule has 2 fully saturated rings. The Morgan fingerprint density at radius 1 is 1.33 bits per heavy atom. The van der Waals surface area contributed by atoms with Gasteiger partial charge in [0.1, 0.15) is 0 Å². The van der Waals surface area contributed by atoms with Gasteiger partial charge in [-0.3, -0.25) is 4.90 Å². The van der Waals surface area contributed by atoms with Crippen LogP contribution in [-0.2, 0) is 11.3 Å². The number of nitrogens with zero attached hydrogens (tertiary/aromatic N) is 1. The van der Waals surface area contributed by atoms with E-state index < -0.39 is 0 Å². The van der Waals surface area contributed by atoms with Crippen molar-refractivity contribution in [1.29, 1.82) is 0 Å². The Morgan fingerprint density at radius 2 is 2.20 bits per heavy atom. The van der Waals surface area contributed by atoms with Crippen LogP contribution in [0.25, 0.3) is 0 Å². The van der Waals surface area contributed by atoms with Gasteiger partial charge in [-0.2, -0.15) is 0 Å². The number of ether oxygens (including phenoxy) is 1. The average molecular weight is 224 g/mol. The number of hydrogen-bond donors (Lipinski definition) is 0. The topological polar surface area (TPSA) is 15.8 Å². The van der Waals surface area contributed by atoms with Crippen LogP contribution >= 0.6 is 11.6 Å². The van der Waals surface area contributed by atoms with Crippen LogP contribution in [-0.4, -0.2) is 30.2 Å². The fourth-order valence-corrected chi connectivity index (χ4v) is 2.46. The molecule has 15 heavy (non-hydrogen) atoms. The summed E-state index contributed by atoms with van der Waals surface area (Å²) >= 11 is 6.13. The number of fused-ring (bicyclic) bond motifs is 1. The minimum absolute atomic E-state index is 0.501. The van der Waals surface area contributed by atoms with Crippen LogP contribution in [0.5, 0.6) is 0 Å². The summed E-state index contributed by atoms with van der Waals surface area (Å²) in [4.78, 5) is 2.43. The number of benzene rings is 1. The molecule has 0 amide bonds. The summed E-state index contributed by atoms with van der Waals surface area (Å²) in [5.74, 6) is 0. The summed E-state index contributed by atoms with van der Waals surface area (Å²) < 4.78 is 5.50. The molecule has 0 unspecified atom stereocenters. The van der Waals surface area contributed by atoms with Gasteiger partial charge in [-0.15, -0.1) is 0 Å². The Balaban J connectivity index is 1.67. The molecule has 0 aliphatic carbocycles. The lowest BCUT2D eigenvalue weighted by Crippen LogP contribution is -2.34. The van der Waals surface area contributed by atoms with E-state index >= 15 is 0 Å². The van der Waals surface area contributed by atoms with Crippen molar-refractivity contribution in [2.24, 2.45) is 0 Å². The molecular weight excluding hydrogens is 210 g/mol. The van der Waals surface area contributed by atoms with E-state index in [0.717, 1.165) is 24.7 Å². The predicted molar refractivity (Wildman–Crippen MR) is 60.0 cm³/mol. The van der Waals surface area contributed by atoms with Gasteiger partial charge in [-0.25, -0.2) is 0 Å². The van der Waals surface area contributed by atoms with E-state index in [4.69, 9.17) is 16.3 Å². The zero-order valence-electron chi connectivity index (χ0n) is 8.53. The number of likely N-dealkylation sites (tertiary alicyclic amines) is 1. The second-order valence-corrected chi connectivity index (χ2v) is 4.74. The Kier molecular flexibility index (Phi) is 2.43. The van der Waals surface area contributed by atoms with Gasteiger partial charge in [0.05, 0.1) is 12.2 Å². The second kappa shape index (κ2) is 3.78. The van der Waals surface area contributed by atoms with Crippen molar-refractivity contribution < 1.29 is 4.74 Å². The molecule has 3 heteroatoms. The van der Waals surface area contributed by atoms with E-state index in [9.17, 15) is 0 Å². The highest BCUT2D eigenvalue weighted by Gasteiger charge is 2.43. The highest BCUT2D eigenvalue weighted by Crippen LogP contribution is 2.31. The lowest BCUT2D eigenvalue weighted by atomic mass is 10.1. The van der Waals surface area contributed by atoms with Gasteiger partial charge < -0.3 is 4.74 Å². The predicted octanol–water partition coefficient (Wildman–Crippen LogP) is 2.31. The summed E-state index contributed by atoms with van der Waals surface area (Å²) in [6, 6.07) is 8.07. The Bertz CT molecular complexity index is 368. The molecular formula is C12H14ClNO. The van der Waals surface area contributed by atoms with Gasteiger partial charge in [-0.1, -0.05) is 29.8 Å². The molecule has 0 aromatic heterocycles. The third kappa shape index (κ3) is 2.03. The second-order valence-electron chi connectivity index (χ2n) is 4.33. The molecule has 2 heterocycles. The highest BCUT2D eigenvalue weighted by atomic mass is 35.5. The molecule has 0 bridgehead atoms. The number of hydrogen-bond acceptors (Lipinski definition) is 2. The van der Waals surface area contributed by atoms with Gasteiger partial charge in [-0.05, 0) is 18.1 Å². The van der Waals surface area contributed by atoms with E-state index in [1.165, 1.54) is 12.0 Å². The summed E-state index contributed by atoms with van der Waals surface area (Å²) in [5, 5.41) is 0.872. The van der Waals surface area contributed by atoms with E-state index in [1.807, 2.05) is 18.2 Å². The fourth-order valence-electron chi connectivity index (χ4n) is 2.26. The van der Waals surface area contributed by atoms with Gasteiger partial charge in [0.25, 0.3) is 0 Å². The minimum atomic E-state index is 0.501. The Labute approximate surface area is 94.8 Å². The van der Waals surface area contributed by atoms with Gasteiger partial charge >= 0.3 is 0 Å². The molecule has 2 atom stereocenters. The van der Waals surface area contributed by atoms with Crippen molar-refractivity contribution in [3.05, 3.63) is 34.9 Å². The zero-order valence-corrected chi connectivity index (χ0v) is 9.28. The van der Waals surface area contributed by atoms with Crippen LogP contribution in [0.15, 0.2) is 24.3 Å². The van der Waals surface area contributed by atoms with Crippen LogP contribution in [0.2, 0.25) is 5.02 Å². The highest BCUT2D eigenvalue weighted by molar-refractivity contribution is 6.31. The maximum absolute atomic E-state index is 6.13. The minimum Gasteiger partial charge on any atom is -0.368 e. The molecule has 0 saturated carbocycles. The first-order valence-corrected chi connectivity index (χ1v) is 5.82. The molecule has 2 saturated heterocycles. The largest absolute Gasteiger partial charge is 0.368 e. The monoisotopic (exact) mass is 223 g/mol. The van der Waals surface area contributed by atoms with E-state index in [0.29, 0.717) is 12.2 Å². The SMILES string of the molecule is Clc1ccccc1CN1CC[C@@H]2O[C@@H]2C1. The average Bonchev–Trinajstić information content (AvgIpc) is 3.00. The molecule has 0 spiro atoms. The van der Waals surface area contributed by atoms with Crippen LogP contribution in [0.1, 0.15) is 12.0 Å².